The highest BCUT2D eigenvalue weighted by atomic mass is 14.9. The lowest BCUT2D eigenvalue weighted by atomic mass is 10.1. The molecule has 0 aromatic heterocycles. The molecule has 10 heavy (non-hydrogen) atoms. The van der Waals surface area contributed by atoms with Crippen molar-refractivity contribution < 1.29 is 0 Å². The Morgan fingerprint density at radius 1 is 1.50 bits per heavy atom. The SMILES string of the molecule is CC1CCCC(CN)NC1. The minimum absolute atomic E-state index is 0.588. The number of hydrogen-bond donors (Lipinski definition) is 2. The summed E-state index contributed by atoms with van der Waals surface area (Å²) < 4.78 is 0. The molecular weight excluding hydrogens is 124 g/mol. The average Bonchev–Trinajstić information content (AvgIpc) is 2.14. The fourth-order valence-corrected chi connectivity index (χ4v) is 1.49. The summed E-state index contributed by atoms with van der Waals surface area (Å²) >= 11 is 0. The van der Waals surface area contributed by atoms with Gasteiger partial charge in [0.2, 0.25) is 0 Å². The molecular formula is C8H18N2. The Morgan fingerprint density at radius 3 is 3.00 bits per heavy atom. The highest BCUT2D eigenvalue weighted by Gasteiger charge is 2.12. The van der Waals surface area contributed by atoms with E-state index in [1.807, 2.05) is 0 Å². The molecule has 0 spiro atoms. The third-order valence-electron chi connectivity index (χ3n) is 2.29. The smallest absolute Gasteiger partial charge is 0.0190 e. The molecule has 1 rings (SSSR count). The van der Waals surface area contributed by atoms with Crippen LogP contribution in [0.1, 0.15) is 26.2 Å². The van der Waals surface area contributed by atoms with Crippen molar-refractivity contribution in [1.82, 2.24) is 5.32 Å². The summed E-state index contributed by atoms with van der Waals surface area (Å²) in [4.78, 5) is 0. The number of rotatable bonds is 1. The summed E-state index contributed by atoms with van der Waals surface area (Å²) in [6.07, 6.45) is 3.97. The van der Waals surface area contributed by atoms with E-state index in [2.05, 4.69) is 12.2 Å². The maximum Gasteiger partial charge on any atom is 0.0190 e. The van der Waals surface area contributed by atoms with Gasteiger partial charge in [0.05, 0.1) is 0 Å². The van der Waals surface area contributed by atoms with Crippen LogP contribution in [-0.2, 0) is 0 Å². The molecule has 2 unspecified atom stereocenters. The van der Waals surface area contributed by atoms with Gasteiger partial charge in [-0.15, -0.1) is 0 Å². The van der Waals surface area contributed by atoms with E-state index in [9.17, 15) is 0 Å². The van der Waals surface area contributed by atoms with Crippen molar-refractivity contribution >= 4 is 0 Å². The van der Waals surface area contributed by atoms with Crippen LogP contribution in [0.3, 0.4) is 0 Å². The summed E-state index contributed by atoms with van der Waals surface area (Å²) in [5.41, 5.74) is 5.56. The van der Waals surface area contributed by atoms with Gasteiger partial charge in [-0.2, -0.15) is 0 Å². The third kappa shape index (κ3) is 2.27. The van der Waals surface area contributed by atoms with Gasteiger partial charge >= 0.3 is 0 Å². The van der Waals surface area contributed by atoms with Gasteiger partial charge in [-0.05, 0) is 25.3 Å². The van der Waals surface area contributed by atoms with E-state index in [4.69, 9.17) is 5.73 Å². The molecule has 60 valence electrons. The Labute approximate surface area is 63.2 Å². The van der Waals surface area contributed by atoms with Crippen LogP contribution in [0.5, 0.6) is 0 Å². The van der Waals surface area contributed by atoms with Crippen molar-refractivity contribution in [1.29, 1.82) is 0 Å². The van der Waals surface area contributed by atoms with Crippen molar-refractivity contribution in [2.75, 3.05) is 13.1 Å². The monoisotopic (exact) mass is 142 g/mol. The van der Waals surface area contributed by atoms with Gasteiger partial charge in [-0.1, -0.05) is 13.3 Å². The second-order valence-electron chi connectivity index (χ2n) is 3.38. The molecule has 0 saturated carbocycles. The summed E-state index contributed by atoms with van der Waals surface area (Å²) in [5, 5.41) is 3.46. The van der Waals surface area contributed by atoms with E-state index in [1.165, 1.54) is 19.3 Å². The van der Waals surface area contributed by atoms with Crippen LogP contribution in [0, 0.1) is 5.92 Å². The van der Waals surface area contributed by atoms with Crippen molar-refractivity contribution in [3.8, 4) is 0 Å². The maximum absolute atomic E-state index is 5.56. The molecule has 0 bridgehead atoms. The zero-order valence-electron chi connectivity index (χ0n) is 6.77. The molecule has 0 aromatic carbocycles. The molecule has 0 aliphatic carbocycles. The van der Waals surface area contributed by atoms with Crippen LogP contribution in [0.15, 0.2) is 0 Å². The number of nitrogens with one attached hydrogen (secondary N) is 1. The summed E-state index contributed by atoms with van der Waals surface area (Å²) in [6.45, 7) is 4.25. The molecule has 1 heterocycles. The standard InChI is InChI=1S/C8H18N2/c1-7-3-2-4-8(5-9)10-6-7/h7-8,10H,2-6,9H2,1H3. The largest absolute Gasteiger partial charge is 0.329 e. The van der Waals surface area contributed by atoms with E-state index >= 15 is 0 Å². The molecule has 0 radical (unpaired) electrons. The average molecular weight is 142 g/mol. The van der Waals surface area contributed by atoms with Crippen LogP contribution in [-0.4, -0.2) is 19.1 Å². The fraction of sp³-hybridized carbons (Fsp3) is 1.00. The number of nitrogens with two attached hydrogens (primary N) is 1. The molecule has 2 atom stereocenters. The molecule has 0 amide bonds. The highest BCUT2D eigenvalue weighted by Crippen LogP contribution is 2.12. The first-order chi connectivity index (χ1) is 4.83. The van der Waals surface area contributed by atoms with Crippen molar-refractivity contribution in [3.63, 3.8) is 0 Å². The van der Waals surface area contributed by atoms with Gasteiger partial charge in [-0.25, -0.2) is 0 Å². The van der Waals surface area contributed by atoms with E-state index in [0.717, 1.165) is 19.0 Å². The summed E-state index contributed by atoms with van der Waals surface area (Å²) in [6, 6.07) is 0.588. The Hall–Kier alpha value is -0.0800. The molecule has 2 heteroatoms. The fourth-order valence-electron chi connectivity index (χ4n) is 1.49. The summed E-state index contributed by atoms with van der Waals surface area (Å²) in [5.74, 6) is 0.844. The van der Waals surface area contributed by atoms with Gasteiger partial charge in [-0.3, -0.25) is 0 Å². The molecule has 1 aliphatic rings. The first-order valence-corrected chi connectivity index (χ1v) is 4.26. The predicted molar refractivity (Wildman–Crippen MR) is 43.9 cm³/mol. The zero-order valence-corrected chi connectivity index (χ0v) is 6.77. The van der Waals surface area contributed by atoms with E-state index in [1.54, 1.807) is 0 Å². The lowest BCUT2D eigenvalue weighted by molar-refractivity contribution is 0.489. The van der Waals surface area contributed by atoms with Gasteiger partial charge in [0, 0.05) is 12.6 Å². The van der Waals surface area contributed by atoms with Crippen LogP contribution >= 0.6 is 0 Å². The maximum atomic E-state index is 5.56. The van der Waals surface area contributed by atoms with Crippen molar-refractivity contribution in [3.05, 3.63) is 0 Å². The quantitative estimate of drug-likeness (QED) is 0.566. The first-order valence-electron chi connectivity index (χ1n) is 4.26. The normalized spacial score (nSPS) is 35.4. The van der Waals surface area contributed by atoms with Crippen molar-refractivity contribution in [2.24, 2.45) is 11.7 Å². The lowest BCUT2D eigenvalue weighted by Gasteiger charge is -2.12. The third-order valence-corrected chi connectivity index (χ3v) is 2.29. The number of hydrogen-bond acceptors (Lipinski definition) is 2. The van der Waals surface area contributed by atoms with Crippen LogP contribution in [0.25, 0.3) is 0 Å². The summed E-state index contributed by atoms with van der Waals surface area (Å²) in [7, 11) is 0. The van der Waals surface area contributed by atoms with Crippen LogP contribution < -0.4 is 11.1 Å². The van der Waals surface area contributed by atoms with Gasteiger partial charge in [0.25, 0.3) is 0 Å². The second kappa shape index (κ2) is 3.94. The first kappa shape index (κ1) is 8.02. The van der Waals surface area contributed by atoms with E-state index in [0.29, 0.717) is 6.04 Å². The second-order valence-corrected chi connectivity index (χ2v) is 3.38. The Balaban J connectivity index is 2.26. The minimum Gasteiger partial charge on any atom is -0.329 e. The molecule has 1 aliphatic heterocycles. The van der Waals surface area contributed by atoms with Gasteiger partial charge in [0.15, 0.2) is 0 Å². The van der Waals surface area contributed by atoms with Crippen LogP contribution in [0.4, 0.5) is 0 Å². The van der Waals surface area contributed by atoms with Crippen molar-refractivity contribution in [2.45, 2.75) is 32.2 Å². The zero-order chi connectivity index (χ0) is 7.40. The topological polar surface area (TPSA) is 38.0 Å². The van der Waals surface area contributed by atoms with E-state index in [-0.39, 0.29) is 0 Å². The minimum atomic E-state index is 0.588. The molecule has 0 aromatic rings. The van der Waals surface area contributed by atoms with Gasteiger partial charge < -0.3 is 11.1 Å². The lowest BCUT2D eigenvalue weighted by Crippen LogP contribution is -2.36. The van der Waals surface area contributed by atoms with E-state index < -0.39 is 0 Å². The predicted octanol–water partition coefficient (Wildman–Crippen LogP) is 0.723. The Kier molecular flexibility index (Phi) is 3.16. The molecule has 1 saturated heterocycles. The van der Waals surface area contributed by atoms with Crippen LogP contribution in [0.2, 0.25) is 0 Å². The molecule has 1 fully saturated rings. The molecule has 3 N–H and O–H groups in total. The Morgan fingerprint density at radius 2 is 2.30 bits per heavy atom. The Bertz CT molecular complexity index is 93.3. The highest BCUT2D eigenvalue weighted by molar-refractivity contribution is 4.73. The molecule has 2 nitrogen and oxygen atoms in total. The van der Waals surface area contributed by atoms with Gasteiger partial charge in [0.1, 0.15) is 0 Å².